The molecule has 3 rings (SSSR count). The quantitative estimate of drug-likeness (QED) is 0.613. The van der Waals surface area contributed by atoms with Gasteiger partial charge in [0.15, 0.2) is 0 Å². The zero-order valence-electron chi connectivity index (χ0n) is 12.9. The highest BCUT2D eigenvalue weighted by molar-refractivity contribution is 7.98. The van der Waals surface area contributed by atoms with Gasteiger partial charge in [0.1, 0.15) is 0 Å². The third-order valence-corrected chi connectivity index (χ3v) is 5.43. The fourth-order valence-electron chi connectivity index (χ4n) is 2.81. The molecule has 0 saturated heterocycles. The molecule has 128 valence electrons. The number of rotatable bonds is 3. The van der Waals surface area contributed by atoms with Crippen molar-refractivity contribution in [2.75, 3.05) is 17.3 Å². The molecule has 0 aromatic heterocycles. The summed E-state index contributed by atoms with van der Waals surface area (Å²) < 4.78 is 39.3. The predicted octanol–water partition coefficient (Wildman–Crippen LogP) is 5.95. The van der Waals surface area contributed by atoms with Crippen LogP contribution in [-0.4, -0.2) is 12.4 Å². The van der Waals surface area contributed by atoms with Crippen LogP contribution in [0.4, 0.5) is 18.9 Å². The van der Waals surface area contributed by atoms with Gasteiger partial charge in [-0.15, -0.1) is 23.4 Å². The highest BCUT2D eigenvalue weighted by Gasteiger charge is 2.32. The Hall–Kier alpha value is -1.33. The maximum absolute atomic E-state index is 13.1. The molecule has 1 aliphatic heterocycles. The fraction of sp³-hybridized carbons (Fsp3) is 0.333. The Morgan fingerprint density at radius 1 is 1.08 bits per heavy atom. The normalized spacial score (nSPS) is 14.6. The van der Waals surface area contributed by atoms with Gasteiger partial charge in [-0.05, 0) is 35.7 Å². The van der Waals surface area contributed by atoms with E-state index < -0.39 is 11.7 Å². The van der Waals surface area contributed by atoms with Crippen molar-refractivity contribution in [2.45, 2.75) is 29.8 Å². The van der Waals surface area contributed by atoms with Crippen LogP contribution in [0.1, 0.15) is 23.1 Å². The molecule has 0 spiro atoms. The van der Waals surface area contributed by atoms with Crippen LogP contribution in [0.25, 0.3) is 0 Å². The molecule has 0 bridgehead atoms. The molecular weight excluding hydrogens is 355 g/mol. The average molecular weight is 372 g/mol. The lowest BCUT2D eigenvalue weighted by molar-refractivity contribution is -0.137. The Morgan fingerprint density at radius 3 is 2.54 bits per heavy atom. The van der Waals surface area contributed by atoms with E-state index in [1.807, 2.05) is 23.1 Å². The van der Waals surface area contributed by atoms with Crippen LogP contribution in [0.2, 0.25) is 0 Å². The van der Waals surface area contributed by atoms with E-state index in [2.05, 4.69) is 6.07 Å². The lowest BCUT2D eigenvalue weighted by Crippen LogP contribution is -2.26. The van der Waals surface area contributed by atoms with Crippen molar-refractivity contribution >= 4 is 29.1 Å². The molecule has 0 fully saturated rings. The first-order chi connectivity index (χ1) is 11.5. The molecule has 0 amide bonds. The summed E-state index contributed by atoms with van der Waals surface area (Å²) in [7, 11) is 0. The smallest absolute Gasteiger partial charge is 0.366 e. The standard InChI is InChI=1S/C18H17ClF3NS/c19-8-3-9-23-11-13-4-1-2-5-14(13)12-24-17-7-6-15(10-16(17)23)18(20,21)22/h1-2,4-7,10H,3,8-9,11-12H2. The molecule has 0 radical (unpaired) electrons. The fourth-order valence-corrected chi connectivity index (χ4v) is 4.02. The maximum Gasteiger partial charge on any atom is 0.416 e. The number of hydrogen-bond acceptors (Lipinski definition) is 2. The Labute approximate surface area is 148 Å². The monoisotopic (exact) mass is 371 g/mol. The second-order valence-corrected chi connectivity index (χ2v) is 7.10. The van der Waals surface area contributed by atoms with Crippen molar-refractivity contribution in [1.82, 2.24) is 0 Å². The Balaban J connectivity index is 2.03. The highest BCUT2D eigenvalue weighted by atomic mass is 35.5. The van der Waals surface area contributed by atoms with E-state index in [-0.39, 0.29) is 0 Å². The summed E-state index contributed by atoms with van der Waals surface area (Å²) in [5.74, 6) is 1.25. The van der Waals surface area contributed by atoms with E-state index in [1.54, 1.807) is 17.8 Å². The van der Waals surface area contributed by atoms with Gasteiger partial charge in [-0.3, -0.25) is 0 Å². The van der Waals surface area contributed by atoms with Crippen LogP contribution in [0.5, 0.6) is 0 Å². The van der Waals surface area contributed by atoms with Crippen LogP contribution < -0.4 is 4.90 Å². The van der Waals surface area contributed by atoms with Gasteiger partial charge in [-0.2, -0.15) is 13.2 Å². The van der Waals surface area contributed by atoms with Crippen LogP contribution in [-0.2, 0) is 18.5 Å². The van der Waals surface area contributed by atoms with E-state index in [0.717, 1.165) is 22.6 Å². The summed E-state index contributed by atoms with van der Waals surface area (Å²) in [5, 5.41) is 0. The molecule has 0 saturated carbocycles. The number of fused-ring (bicyclic) bond motifs is 2. The van der Waals surface area contributed by atoms with E-state index in [0.29, 0.717) is 24.7 Å². The van der Waals surface area contributed by atoms with Crippen molar-refractivity contribution in [2.24, 2.45) is 0 Å². The van der Waals surface area contributed by atoms with Crippen molar-refractivity contribution in [1.29, 1.82) is 0 Å². The van der Waals surface area contributed by atoms with Gasteiger partial charge in [0.2, 0.25) is 0 Å². The average Bonchev–Trinajstić information content (AvgIpc) is 2.55. The van der Waals surface area contributed by atoms with Crippen molar-refractivity contribution < 1.29 is 13.2 Å². The first-order valence-corrected chi connectivity index (χ1v) is 9.23. The van der Waals surface area contributed by atoms with E-state index in [9.17, 15) is 13.2 Å². The summed E-state index contributed by atoms with van der Waals surface area (Å²) in [6.07, 6.45) is -3.61. The van der Waals surface area contributed by atoms with Crippen LogP contribution in [0.3, 0.4) is 0 Å². The van der Waals surface area contributed by atoms with Crippen LogP contribution in [0, 0.1) is 0 Å². The van der Waals surface area contributed by atoms with Gasteiger partial charge < -0.3 is 4.90 Å². The molecule has 1 nitrogen and oxygen atoms in total. The first-order valence-electron chi connectivity index (χ1n) is 7.71. The third-order valence-electron chi connectivity index (χ3n) is 4.05. The lowest BCUT2D eigenvalue weighted by Gasteiger charge is -2.30. The molecule has 24 heavy (non-hydrogen) atoms. The molecule has 2 aromatic rings. The number of anilines is 1. The van der Waals surface area contributed by atoms with Gasteiger partial charge in [0, 0.05) is 29.6 Å². The summed E-state index contributed by atoms with van der Waals surface area (Å²) in [5.41, 5.74) is 2.42. The number of nitrogens with zero attached hydrogens (tertiary/aromatic N) is 1. The number of halogens is 4. The second kappa shape index (κ2) is 7.28. The van der Waals surface area contributed by atoms with Crippen molar-refractivity contribution in [3.63, 3.8) is 0 Å². The van der Waals surface area contributed by atoms with E-state index in [1.165, 1.54) is 17.7 Å². The van der Waals surface area contributed by atoms with E-state index in [4.69, 9.17) is 11.6 Å². The highest BCUT2D eigenvalue weighted by Crippen LogP contribution is 2.40. The number of alkyl halides is 4. The van der Waals surface area contributed by atoms with Gasteiger partial charge in [0.25, 0.3) is 0 Å². The minimum absolute atomic E-state index is 0.486. The molecule has 6 heteroatoms. The molecule has 0 N–H and O–H groups in total. The Kier molecular flexibility index (Phi) is 5.30. The van der Waals surface area contributed by atoms with Gasteiger partial charge >= 0.3 is 6.18 Å². The molecule has 1 aliphatic rings. The summed E-state index contributed by atoms with van der Waals surface area (Å²) in [6.45, 7) is 1.23. The topological polar surface area (TPSA) is 3.24 Å². The maximum atomic E-state index is 13.1. The zero-order chi connectivity index (χ0) is 17.2. The number of thioether (sulfide) groups is 1. The molecule has 0 atom stereocenters. The number of benzene rings is 2. The van der Waals surface area contributed by atoms with Crippen molar-refractivity contribution in [3.8, 4) is 0 Å². The lowest BCUT2D eigenvalue weighted by atomic mass is 10.1. The van der Waals surface area contributed by atoms with E-state index >= 15 is 0 Å². The predicted molar refractivity (Wildman–Crippen MR) is 93.8 cm³/mol. The SMILES string of the molecule is FC(F)(F)c1ccc2c(c1)N(CCCCl)Cc1ccccc1CS2. The largest absolute Gasteiger partial charge is 0.416 e. The molecule has 0 aliphatic carbocycles. The van der Waals surface area contributed by atoms with Crippen LogP contribution in [0.15, 0.2) is 47.4 Å². The third kappa shape index (κ3) is 3.83. The molecule has 0 unspecified atom stereocenters. The van der Waals surface area contributed by atoms with Gasteiger partial charge in [-0.25, -0.2) is 0 Å². The van der Waals surface area contributed by atoms with Gasteiger partial charge in [0.05, 0.1) is 11.3 Å². The van der Waals surface area contributed by atoms with Crippen molar-refractivity contribution in [3.05, 3.63) is 59.2 Å². The Bertz CT molecular complexity index is 718. The first kappa shape index (κ1) is 17.5. The summed E-state index contributed by atoms with van der Waals surface area (Å²) >= 11 is 7.39. The minimum atomic E-state index is -4.34. The van der Waals surface area contributed by atoms with Gasteiger partial charge in [-0.1, -0.05) is 24.3 Å². The number of hydrogen-bond donors (Lipinski definition) is 0. The minimum Gasteiger partial charge on any atom is -0.366 e. The molecular formula is C18H17ClF3NS. The zero-order valence-corrected chi connectivity index (χ0v) is 14.5. The summed E-state index contributed by atoms with van der Waals surface area (Å²) in [6, 6.07) is 12.1. The van der Waals surface area contributed by atoms with Crippen LogP contribution >= 0.6 is 23.4 Å². The molecule has 2 aromatic carbocycles. The Morgan fingerprint density at radius 2 is 1.83 bits per heavy atom. The summed E-state index contributed by atoms with van der Waals surface area (Å²) in [4.78, 5) is 2.89. The molecule has 1 heterocycles. The second-order valence-electron chi connectivity index (χ2n) is 5.70.